The van der Waals surface area contributed by atoms with Crippen LogP contribution in [0, 0.1) is 15.9 Å². The molecule has 0 aliphatic carbocycles. The Balaban J connectivity index is 2.29. The Bertz CT molecular complexity index is 686. The highest BCUT2D eigenvalue weighted by Crippen LogP contribution is 2.27. The number of nitrogens with two attached hydrogens (primary N) is 1. The number of nitrogens with one attached hydrogen (secondary N) is 1. The van der Waals surface area contributed by atoms with Gasteiger partial charge in [0.15, 0.2) is 11.5 Å². The van der Waals surface area contributed by atoms with Gasteiger partial charge in [-0.15, -0.1) is 0 Å². The highest BCUT2D eigenvalue weighted by atomic mass is 19.1. The molecule has 0 saturated heterocycles. The molecular weight excluding hydrogens is 277 g/mol. The second-order valence-electron chi connectivity index (χ2n) is 4.25. The van der Waals surface area contributed by atoms with E-state index in [0.717, 1.165) is 17.7 Å². The van der Waals surface area contributed by atoms with Crippen LogP contribution in [0.3, 0.4) is 0 Å². The normalized spacial score (nSPS) is 10.2. The first-order chi connectivity index (χ1) is 10.0. The molecular formula is C14H12FN3O3. The Morgan fingerprint density at radius 3 is 2.48 bits per heavy atom. The number of nitro benzene ring substituents is 1. The molecule has 2 aromatic carbocycles. The van der Waals surface area contributed by atoms with Crippen LogP contribution in [0.5, 0.6) is 0 Å². The molecule has 7 heteroatoms. The van der Waals surface area contributed by atoms with Crippen molar-refractivity contribution in [2.75, 3.05) is 5.32 Å². The lowest BCUT2D eigenvalue weighted by Crippen LogP contribution is -2.14. The van der Waals surface area contributed by atoms with E-state index in [2.05, 4.69) is 5.32 Å². The summed E-state index contributed by atoms with van der Waals surface area (Å²) < 4.78 is 13.7. The summed E-state index contributed by atoms with van der Waals surface area (Å²) in [7, 11) is 0. The average molecular weight is 289 g/mol. The van der Waals surface area contributed by atoms with Gasteiger partial charge in [0.05, 0.1) is 4.92 Å². The Morgan fingerprint density at radius 2 is 1.90 bits per heavy atom. The van der Waals surface area contributed by atoms with E-state index in [1.807, 2.05) is 0 Å². The highest BCUT2D eigenvalue weighted by Gasteiger charge is 2.20. The molecule has 0 atom stereocenters. The summed E-state index contributed by atoms with van der Waals surface area (Å²) in [6, 6.07) is 9.72. The minimum absolute atomic E-state index is 0.254. The maximum Gasteiger partial charge on any atom is 0.295 e. The lowest BCUT2D eigenvalue weighted by molar-refractivity contribution is -0.384. The number of carbonyl (C=O) groups is 1. The van der Waals surface area contributed by atoms with Gasteiger partial charge in [0.1, 0.15) is 0 Å². The van der Waals surface area contributed by atoms with E-state index in [4.69, 9.17) is 5.73 Å². The molecule has 0 aliphatic rings. The van der Waals surface area contributed by atoms with E-state index >= 15 is 0 Å². The second-order valence-corrected chi connectivity index (χ2v) is 4.25. The third kappa shape index (κ3) is 3.21. The Labute approximate surface area is 119 Å². The van der Waals surface area contributed by atoms with E-state index in [1.54, 1.807) is 12.1 Å². The molecule has 0 heterocycles. The van der Waals surface area contributed by atoms with Crippen molar-refractivity contribution in [2.24, 2.45) is 5.73 Å². The van der Waals surface area contributed by atoms with Crippen molar-refractivity contribution in [3.8, 4) is 0 Å². The van der Waals surface area contributed by atoms with E-state index in [0.29, 0.717) is 6.54 Å². The summed E-state index contributed by atoms with van der Waals surface area (Å²) in [5, 5.41) is 13.1. The van der Waals surface area contributed by atoms with Gasteiger partial charge in [-0.3, -0.25) is 14.9 Å². The molecule has 0 fully saturated rings. The van der Waals surface area contributed by atoms with Gasteiger partial charge in [-0.1, -0.05) is 18.2 Å². The van der Waals surface area contributed by atoms with E-state index < -0.39 is 28.0 Å². The second kappa shape index (κ2) is 6.10. The summed E-state index contributed by atoms with van der Waals surface area (Å²) >= 11 is 0. The lowest BCUT2D eigenvalue weighted by atomic mass is 10.1. The standard InChI is InChI=1S/C14H12FN3O3/c15-11-2-1-3-12(18(20)21)13(11)17-14(19)10-6-4-9(8-16)5-7-10/h1-7H,8,16H2,(H,17,19). The first kappa shape index (κ1) is 14.6. The van der Waals surface area contributed by atoms with Crippen molar-refractivity contribution in [1.29, 1.82) is 0 Å². The van der Waals surface area contributed by atoms with E-state index in [1.165, 1.54) is 18.2 Å². The lowest BCUT2D eigenvalue weighted by Gasteiger charge is -2.07. The fraction of sp³-hybridized carbons (Fsp3) is 0.0714. The Kier molecular flexibility index (Phi) is 4.24. The Morgan fingerprint density at radius 1 is 1.24 bits per heavy atom. The third-order valence-electron chi connectivity index (χ3n) is 2.88. The molecule has 108 valence electrons. The summed E-state index contributed by atoms with van der Waals surface area (Å²) in [6.07, 6.45) is 0. The zero-order valence-corrected chi connectivity index (χ0v) is 10.9. The minimum Gasteiger partial charge on any atom is -0.326 e. The van der Waals surface area contributed by atoms with Crippen molar-refractivity contribution in [3.63, 3.8) is 0 Å². The molecule has 0 spiro atoms. The van der Waals surface area contributed by atoms with Crippen LogP contribution < -0.4 is 11.1 Å². The number of hydrogen-bond acceptors (Lipinski definition) is 4. The maximum absolute atomic E-state index is 13.7. The monoisotopic (exact) mass is 289 g/mol. The minimum atomic E-state index is -0.865. The number of halogens is 1. The van der Waals surface area contributed by atoms with Crippen LogP contribution in [0.2, 0.25) is 0 Å². The fourth-order valence-electron chi connectivity index (χ4n) is 1.77. The number of rotatable bonds is 4. The quantitative estimate of drug-likeness (QED) is 0.667. The topological polar surface area (TPSA) is 98.3 Å². The van der Waals surface area contributed by atoms with Crippen LogP contribution in [-0.4, -0.2) is 10.8 Å². The molecule has 21 heavy (non-hydrogen) atoms. The largest absolute Gasteiger partial charge is 0.326 e. The number of para-hydroxylation sites is 1. The molecule has 0 bridgehead atoms. The van der Waals surface area contributed by atoms with Gasteiger partial charge in [-0.25, -0.2) is 4.39 Å². The zero-order valence-electron chi connectivity index (χ0n) is 10.9. The number of anilines is 1. The van der Waals surface area contributed by atoms with E-state index in [9.17, 15) is 19.3 Å². The fourth-order valence-corrected chi connectivity index (χ4v) is 1.77. The molecule has 2 aromatic rings. The first-order valence-corrected chi connectivity index (χ1v) is 6.06. The van der Waals surface area contributed by atoms with Gasteiger partial charge in [-0.2, -0.15) is 0 Å². The number of amides is 1. The molecule has 1 amide bonds. The SMILES string of the molecule is NCc1ccc(C(=O)Nc2c(F)cccc2[N+](=O)[O-])cc1. The van der Waals surface area contributed by atoms with Gasteiger partial charge in [0.2, 0.25) is 0 Å². The average Bonchev–Trinajstić information content (AvgIpc) is 2.49. The number of nitrogens with zero attached hydrogens (tertiary/aromatic N) is 1. The van der Waals surface area contributed by atoms with E-state index in [-0.39, 0.29) is 5.56 Å². The van der Waals surface area contributed by atoms with Crippen molar-refractivity contribution in [2.45, 2.75) is 6.54 Å². The molecule has 0 aliphatic heterocycles. The first-order valence-electron chi connectivity index (χ1n) is 6.06. The predicted molar refractivity (Wildman–Crippen MR) is 75.3 cm³/mol. The van der Waals surface area contributed by atoms with Crippen LogP contribution in [0.1, 0.15) is 15.9 Å². The molecule has 2 rings (SSSR count). The summed E-state index contributed by atoms with van der Waals surface area (Å²) in [5.74, 6) is -1.50. The van der Waals surface area contributed by atoms with Gasteiger partial charge in [0.25, 0.3) is 11.6 Å². The molecule has 6 nitrogen and oxygen atoms in total. The van der Waals surface area contributed by atoms with Crippen LogP contribution >= 0.6 is 0 Å². The number of nitro groups is 1. The molecule has 0 aromatic heterocycles. The van der Waals surface area contributed by atoms with Crippen molar-refractivity contribution in [1.82, 2.24) is 0 Å². The Hall–Kier alpha value is -2.80. The number of hydrogen-bond donors (Lipinski definition) is 2. The van der Waals surface area contributed by atoms with Gasteiger partial charge in [0, 0.05) is 18.2 Å². The van der Waals surface area contributed by atoms with Crippen LogP contribution in [-0.2, 0) is 6.54 Å². The summed E-state index contributed by atoms with van der Waals surface area (Å²) in [6.45, 7) is 0.334. The zero-order chi connectivity index (χ0) is 15.4. The van der Waals surface area contributed by atoms with Crippen molar-refractivity contribution in [3.05, 3.63) is 69.5 Å². The molecule has 0 radical (unpaired) electrons. The smallest absolute Gasteiger partial charge is 0.295 e. The molecule has 3 N–H and O–H groups in total. The number of carbonyl (C=O) groups excluding carboxylic acids is 1. The van der Waals surface area contributed by atoms with Gasteiger partial charge < -0.3 is 11.1 Å². The van der Waals surface area contributed by atoms with Crippen LogP contribution in [0.4, 0.5) is 15.8 Å². The predicted octanol–water partition coefficient (Wildman–Crippen LogP) is 2.44. The maximum atomic E-state index is 13.7. The molecule has 0 unspecified atom stereocenters. The number of benzene rings is 2. The van der Waals surface area contributed by atoms with Crippen molar-refractivity contribution < 1.29 is 14.1 Å². The van der Waals surface area contributed by atoms with Crippen molar-refractivity contribution >= 4 is 17.3 Å². The highest BCUT2D eigenvalue weighted by molar-refractivity contribution is 6.05. The van der Waals surface area contributed by atoms with Crippen LogP contribution in [0.25, 0.3) is 0 Å². The van der Waals surface area contributed by atoms with Crippen LogP contribution in [0.15, 0.2) is 42.5 Å². The summed E-state index contributed by atoms with van der Waals surface area (Å²) in [5.41, 5.74) is 5.59. The summed E-state index contributed by atoms with van der Waals surface area (Å²) in [4.78, 5) is 22.1. The molecule has 0 saturated carbocycles. The third-order valence-corrected chi connectivity index (χ3v) is 2.88. The van der Waals surface area contributed by atoms with Gasteiger partial charge >= 0.3 is 0 Å². The van der Waals surface area contributed by atoms with Gasteiger partial charge in [-0.05, 0) is 23.8 Å².